The molecular formula is C12H11ClN4O2S. The van der Waals surface area contributed by atoms with Crippen LogP contribution in [0, 0.1) is 11.3 Å². The third kappa shape index (κ3) is 2.99. The summed E-state index contributed by atoms with van der Waals surface area (Å²) in [5.74, 6) is 0. The summed E-state index contributed by atoms with van der Waals surface area (Å²) in [5, 5.41) is 8.62. The number of halogens is 1. The van der Waals surface area contributed by atoms with E-state index in [0.717, 1.165) is 0 Å². The van der Waals surface area contributed by atoms with Gasteiger partial charge in [0, 0.05) is 13.6 Å². The molecule has 0 amide bonds. The number of aryl methyl sites for hydroxylation is 1. The lowest BCUT2D eigenvalue weighted by Crippen LogP contribution is -2.24. The number of rotatable bonds is 4. The molecule has 8 heteroatoms. The number of hydrogen-bond acceptors (Lipinski definition) is 4. The molecule has 0 aliphatic heterocycles. The zero-order chi connectivity index (χ0) is 14.8. The van der Waals surface area contributed by atoms with Gasteiger partial charge >= 0.3 is 0 Å². The van der Waals surface area contributed by atoms with Crippen LogP contribution in [-0.2, 0) is 23.6 Å². The van der Waals surface area contributed by atoms with Crippen LogP contribution in [0.3, 0.4) is 0 Å². The van der Waals surface area contributed by atoms with Crippen LogP contribution in [0.5, 0.6) is 0 Å². The molecule has 0 fully saturated rings. The second-order valence-electron chi connectivity index (χ2n) is 4.09. The summed E-state index contributed by atoms with van der Waals surface area (Å²) in [6, 6.07) is 8.67. The van der Waals surface area contributed by atoms with Crippen molar-refractivity contribution in [2.75, 3.05) is 0 Å². The molecular weight excluding hydrogens is 300 g/mol. The van der Waals surface area contributed by atoms with E-state index in [1.807, 2.05) is 6.07 Å². The molecule has 0 spiro atoms. The molecule has 1 aromatic carbocycles. The molecule has 104 valence electrons. The third-order valence-corrected chi connectivity index (χ3v) is 4.50. The van der Waals surface area contributed by atoms with E-state index in [1.54, 1.807) is 31.3 Å². The lowest BCUT2D eigenvalue weighted by atomic mass is 10.1. The predicted octanol–water partition coefficient (Wildman–Crippen LogP) is 1.42. The zero-order valence-corrected chi connectivity index (χ0v) is 12.1. The molecule has 0 radical (unpaired) electrons. The SMILES string of the molecule is Cn1cnc(S(=O)(=O)NCc2cccc(C#N)c2)c1Cl. The summed E-state index contributed by atoms with van der Waals surface area (Å²) in [6.45, 7) is 0.0603. The van der Waals surface area contributed by atoms with Gasteiger partial charge in [-0.3, -0.25) is 0 Å². The van der Waals surface area contributed by atoms with Crippen LogP contribution in [0.15, 0.2) is 35.6 Å². The Morgan fingerprint density at radius 2 is 2.25 bits per heavy atom. The number of imidazole rings is 1. The van der Waals surface area contributed by atoms with E-state index in [9.17, 15) is 8.42 Å². The van der Waals surface area contributed by atoms with Gasteiger partial charge in [-0.2, -0.15) is 5.26 Å². The molecule has 2 rings (SSSR count). The molecule has 1 aromatic heterocycles. The maximum absolute atomic E-state index is 12.1. The van der Waals surface area contributed by atoms with Gasteiger partial charge in [-0.1, -0.05) is 23.7 Å². The Kier molecular flexibility index (Phi) is 4.09. The van der Waals surface area contributed by atoms with Crippen LogP contribution >= 0.6 is 11.6 Å². The van der Waals surface area contributed by atoms with Crippen molar-refractivity contribution < 1.29 is 8.42 Å². The highest BCUT2D eigenvalue weighted by atomic mass is 35.5. The summed E-state index contributed by atoms with van der Waals surface area (Å²) in [5.41, 5.74) is 1.15. The van der Waals surface area contributed by atoms with Crippen LogP contribution in [0.4, 0.5) is 0 Å². The first-order valence-corrected chi connectivity index (χ1v) is 7.45. The second-order valence-corrected chi connectivity index (χ2v) is 6.13. The smallest absolute Gasteiger partial charge is 0.261 e. The molecule has 20 heavy (non-hydrogen) atoms. The largest absolute Gasteiger partial charge is 0.324 e. The average molecular weight is 311 g/mol. The normalized spacial score (nSPS) is 11.2. The minimum atomic E-state index is -3.78. The van der Waals surface area contributed by atoms with E-state index in [0.29, 0.717) is 11.1 Å². The first-order valence-electron chi connectivity index (χ1n) is 5.59. The molecule has 0 aliphatic carbocycles. The fourth-order valence-corrected chi connectivity index (χ4v) is 3.01. The van der Waals surface area contributed by atoms with Crippen LogP contribution in [0.25, 0.3) is 0 Å². The Labute approximate surface area is 121 Å². The summed E-state index contributed by atoms with van der Waals surface area (Å²) >= 11 is 5.86. The summed E-state index contributed by atoms with van der Waals surface area (Å²) in [6.07, 6.45) is 1.33. The van der Waals surface area contributed by atoms with Gasteiger partial charge in [0.05, 0.1) is 18.0 Å². The maximum atomic E-state index is 12.1. The molecule has 0 unspecified atom stereocenters. The molecule has 0 aliphatic rings. The van der Waals surface area contributed by atoms with E-state index in [-0.39, 0.29) is 16.7 Å². The lowest BCUT2D eigenvalue weighted by molar-refractivity contribution is 0.578. The minimum absolute atomic E-state index is 0.0447. The van der Waals surface area contributed by atoms with E-state index in [1.165, 1.54) is 10.9 Å². The molecule has 0 saturated carbocycles. The Hall–Kier alpha value is -1.88. The van der Waals surface area contributed by atoms with E-state index < -0.39 is 10.0 Å². The van der Waals surface area contributed by atoms with Gasteiger partial charge in [0.2, 0.25) is 5.03 Å². The summed E-state index contributed by atoms with van der Waals surface area (Å²) < 4.78 is 27.9. The molecule has 0 saturated heterocycles. The van der Waals surface area contributed by atoms with Crippen LogP contribution in [0.2, 0.25) is 5.15 Å². The van der Waals surface area contributed by atoms with Crippen molar-refractivity contribution in [1.29, 1.82) is 5.26 Å². The van der Waals surface area contributed by atoms with E-state index in [4.69, 9.17) is 16.9 Å². The number of nitriles is 1. The highest BCUT2D eigenvalue weighted by Crippen LogP contribution is 2.18. The van der Waals surface area contributed by atoms with Crippen LogP contribution in [-0.4, -0.2) is 18.0 Å². The number of nitrogens with zero attached hydrogens (tertiary/aromatic N) is 3. The van der Waals surface area contributed by atoms with Crippen molar-refractivity contribution >= 4 is 21.6 Å². The van der Waals surface area contributed by atoms with Gasteiger partial charge in [0.1, 0.15) is 5.15 Å². The van der Waals surface area contributed by atoms with Crippen LogP contribution in [0.1, 0.15) is 11.1 Å². The van der Waals surface area contributed by atoms with Crippen molar-refractivity contribution in [3.63, 3.8) is 0 Å². The van der Waals surface area contributed by atoms with Crippen molar-refractivity contribution in [3.8, 4) is 6.07 Å². The van der Waals surface area contributed by atoms with E-state index >= 15 is 0 Å². The Balaban J connectivity index is 2.18. The zero-order valence-electron chi connectivity index (χ0n) is 10.5. The topological polar surface area (TPSA) is 87.8 Å². The summed E-state index contributed by atoms with van der Waals surface area (Å²) in [4.78, 5) is 3.76. The fourth-order valence-electron chi connectivity index (χ4n) is 1.57. The van der Waals surface area contributed by atoms with Crippen molar-refractivity contribution in [1.82, 2.24) is 14.3 Å². The second kappa shape index (κ2) is 5.63. The van der Waals surface area contributed by atoms with Gasteiger partial charge < -0.3 is 4.57 Å². The number of sulfonamides is 1. The lowest BCUT2D eigenvalue weighted by Gasteiger charge is -2.05. The summed E-state index contributed by atoms with van der Waals surface area (Å²) in [7, 11) is -2.18. The Bertz CT molecular complexity index is 777. The molecule has 0 bridgehead atoms. The maximum Gasteiger partial charge on any atom is 0.261 e. The molecule has 6 nitrogen and oxygen atoms in total. The van der Waals surface area contributed by atoms with Crippen molar-refractivity contribution in [2.24, 2.45) is 7.05 Å². The van der Waals surface area contributed by atoms with Gasteiger partial charge in [0.25, 0.3) is 10.0 Å². The number of aromatic nitrogens is 2. The molecule has 1 heterocycles. The highest BCUT2D eigenvalue weighted by molar-refractivity contribution is 7.89. The van der Waals surface area contributed by atoms with Gasteiger partial charge in [0.15, 0.2) is 0 Å². The number of nitrogens with one attached hydrogen (secondary N) is 1. The van der Waals surface area contributed by atoms with E-state index in [2.05, 4.69) is 9.71 Å². The molecule has 0 atom stereocenters. The van der Waals surface area contributed by atoms with Gasteiger partial charge in [-0.15, -0.1) is 0 Å². The van der Waals surface area contributed by atoms with Crippen molar-refractivity contribution in [2.45, 2.75) is 11.6 Å². The monoisotopic (exact) mass is 310 g/mol. The average Bonchev–Trinajstić information content (AvgIpc) is 2.78. The first kappa shape index (κ1) is 14.5. The Morgan fingerprint density at radius 1 is 1.50 bits per heavy atom. The number of benzene rings is 1. The first-order chi connectivity index (χ1) is 9.44. The molecule has 1 N–H and O–H groups in total. The Morgan fingerprint density at radius 3 is 2.85 bits per heavy atom. The number of hydrogen-bond donors (Lipinski definition) is 1. The molecule has 2 aromatic rings. The fraction of sp³-hybridized carbons (Fsp3) is 0.167. The standard InChI is InChI=1S/C12H11ClN4O2S/c1-17-8-15-12(11(17)13)20(18,19)16-7-10-4-2-3-9(5-10)6-14/h2-5,8,16H,7H2,1H3. The quantitative estimate of drug-likeness (QED) is 0.925. The minimum Gasteiger partial charge on any atom is -0.324 e. The third-order valence-electron chi connectivity index (χ3n) is 2.61. The van der Waals surface area contributed by atoms with Gasteiger partial charge in [-0.25, -0.2) is 18.1 Å². The van der Waals surface area contributed by atoms with Crippen LogP contribution < -0.4 is 4.72 Å². The predicted molar refractivity (Wildman–Crippen MR) is 73.4 cm³/mol. The van der Waals surface area contributed by atoms with Gasteiger partial charge in [-0.05, 0) is 17.7 Å². The van der Waals surface area contributed by atoms with Crippen molar-refractivity contribution in [3.05, 3.63) is 46.9 Å². The highest BCUT2D eigenvalue weighted by Gasteiger charge is 2.21.